The van der Waals surface area contributed by atoms with E-state index in [1.807, 2.05) is 0 Å². The molecule has 2 atom stereocenters. The molecular weight excluding hydrogens is 256 g/mol. The maximum Gasteiger partial charge on any atom is 0.0320 e. The molecule has 2 heteroatoms. The predicted molar refractivity (Wildman–Crippen MR) is 91.7 cm³/mol. The van der Waals surface area contributed by atoms with Gasteiger partial charge in [-0.2, -0.15) is 0 Å². The Morgan fingerprint density at radius 2 is 1.95 bits per heavy atom. The summed E-state index contributed by atoms with van der Waals surface area (Å²) in [6, 6.07) is 10.5. The number of hydrogen-bond acceptors (Lipinski definition) is 2. The van der Waals surface area contributed by atoms with Crippen LogP contribution < -0.4 is 5.32 Å². The third-order valence-electron chi connectivity index (χ3n) is 4.82. The number of hydrogen-bond donors (Lipinski definition) is 1. The van der Waals surface area contributed by atoms with Crippen LogP contribution in [0.1, 0.15) is 63.6 Å². The maximum absolute atomic E-state index is 3.67. The van der Waals surface area contributed by atoms with Crippen molar-refractivity contribution in [2.24, 2.45) is 0 Å². The monoisotopic (exact) mass is 288 g/mol. The Morgan fingerprint density at radius 3 is 2.52 bits per heavy atom. The highest BCUT2D eigenvalue weighted by Crippen LogP contribution is 2.22. The van der Waals surface area contributed by atoms with Crippen LogP contribution in [0.3, 0.4) is 0 Å². The van der Waals surface area contributed by atoms with E-state index >= 15 is 0 Å². The Balaban J connectivity index is 1.95. The standard InChI is InChI=1S/C19H32N2/c1-4-8-17-10-12-18(13-11-17)16(3)21(5-2)15-19-9-6-7-14-20-19/h10-13,16,19-20H,4-9,14-15H2,1-3H3. The lowest BCUT2D eigenvalue weighted by molar-refractivity contribution is 0.184. The Kier molecular flexibility index (Phi) is 6.72. The predicted octanol–water partition coefficient (Wildman–Crippen LogP) is 4.16. The number of benzene rings is 1. The van der Waals surface area contributed by atoms with Gasteiger partial charge in [-0.3, -0.25) is 4.90 Å². The number of likely N-dealkylation sites (N-methyl/N-ethyl adjacent to an activating group) is 1. The highest BCUT2D eigenvalue weighted by atomic mass is 15.2. The van der Waals surface area contributed by atoms with Crippen LogP contribution in [0, 0.1) is 0 Å². The number of nitrogens with one attached hydrogen (secondary N) is 1. The molecule has 0 aromatic heterocycles. The van der Waals surface area contributed by atoms with Gasteiger partial charge in [0.2, 0.25) is 0 Å². The summed E-state index contributed by atoms with van der Waals surface area (Å²) >= 11 is 0. The third-order valence-corrected chi connectivity index (χ3v) is 4.82. The molecule has 0 saturated carbocycles. The minimum absolute atomic E-state index is 0.509. The van der Waals surface area contributed by atoms with Crippen molar-refractivity contribution >= 4 is 0 Å². The van der Waals surface area contributed by atoms with Crippen molar-refractivity contribution < 1.29 is 0 Å². The van der Waals surface area contributed by atoms with Crippen LogP contribution in [0.2, 0.25) is 0 Å². The average molecular weight is 288 g/mol. The van der Waals surface area contributed by atoms with Crippen LogP contribution >= 0.6 is 0 Å². The quantitative estimate of drug-likeness (QED) is 0.810. The molecule has 0 amide bonds. The van der Waals surface area contributed by atoms with Gasteiger partial charge < -0.3 is 5.32 Å². The summed E-state index contributed by atoms with van der Waals surface area (Å²) in [4.78, 5) is 2.61. The maximum atomic E-state index is 3.67. The zero-order chi connectivity index (χ0) is 15.1. The molecule has 1 aliphatic rings. The van der Waals surface area contributed by atoms with Gasteiger partial charge in [0.25, 0.3) is 0 Å². The fourth-order valence-corrected chi connectivity index (χ4v) is 3.39. The van der Waals surface area contributed by atoms with Gasteiger partial charge in [0.1, 0.15) is 0 Å². The molecule has 1 N–H and O–H groups in total. The molecule has 2 rings (SSSR count). The van der Waals surface area contributed by atoms with E-state index in [9.17, 15) is 0 Å². The normalized spacial score (nSPS) is 20.7. The Bertz CT molecular complexity index is 393. The molecule has 21 heavy (non-hydrogen) atoms. The average Bonchev–Trinajstić information content (AvgIpc) is 2.54. The summed E-state index contributed by atoms with van der Waals surface area (Å²) in [5.74, 6) is 0. The van der Waals surface area contributed by atoms with Crippen LogP contribution in [0.15, 0.2) is 24.3 Å². The molecule has 0 aliphatic carbocycles. The zero-order valence-electron chi connectivity index (χ0n) is 14.1. The molecule has 2 unspecified atom stereocenters. The fraction of sp³-hybridized carbons (Fsp3) is 0.684. The number of aryl methyl sites for hydroxylation is 1. The molecule has 0 radical (unpaired) electrons. The summed E-state index contributed by atoms with van der Waals surface area (Å²) in [5, 5.41) is 3.67. The van der Waals surface area contributed by atoms with E-state index < -0.39 is 0 Å². The van der Waals surface area contributed by atoms with E-state index in [0.717, 1.165) is 6.54 Å². The Morgan fingerprint density at radius 1 is 1.19 bits per heavy atom. The van der Waals surface area contributed by atoms with Crippen LogP contribution in [0.4, 0.5) is 0 Å². The molecule has 1 aliphatic heterocycles. The Hall–Kier alpha value is -0.860. The third kappa shape index (κ3) is 4.82. The zero-order valence-corrected chi connectivity index (χ0v) is 14.1. The SMILES string of the molecule is CCCc1ccc(C(C)N(CC)CC2CCCCN2)cc1. The second-order valence-electron chi connectivity index (χ2n) is 6.40. The highest BCUT2D eigenvalue weighted by molar-refractivity contribution is 5.25. The first-order valence-electron chi connectivity index (χ1n) is 8.80. The van der Waals surface area contributed by atoms with E-state index in [1.54, 1.807) is 0 Å². The van der Waals surface area contributed by atoms with E-state index in [0.29, 0.717) is 12.1 Å². The second-order valence-corrected chi connectivity index (χ2v) is 6.40. The van der Waals surface area contributed by atoms with Crippen LogP contribution in [0.25, 0.3) is 0 Å². The van der Waals surface area contributed by atoms with E-state index in [-0.39, 0.29) is 0 Å². The van der Waals surface area contributed by atoms with Crippen molar-refractivity contribution in [1.82, 2.24) is 10.2 Å². The van der Waals surface area contributed by atoms with Gasteiger partial charge >= 0.3 is 0 Å². The van der Waals surface area contributed by atoms with Gasteiger partial charge in [0.15, 0.2) is 0 Å². The molecule has 1 aromatic rings. The van der Waals surface area contributed by atoms with Gasteiger partial charge in [-0.25, -0.2) is 0 Å². The molecule has 1 aromatic carbocycles. The molecule has 1 heterocycles. The smallest absolute Gasteiger partial charge is 0.0320 e. The molecule has 1 fully saturated rings. The summed E-state index contributed by atoms with van der Waals surface area (Å²) in [7, 11) is 0. The molecule has 2 nitrogen and oxygen atoms in total. The van der Waals surface area contributed by atoms with Gasteiger partial charge in [-0.15, -0.1) is 0 Å². The summed E-state index contributed by atoms with van der Waals surface area (Å²) < 4.78 is 0. The van der Waals surface area contributed by atoms with E-state index in [1.165, 1.54) is 56.3 Å². The number of rotatable bonds is 7. The second kappa shape index (κ2) is 8.55. The summed E-state index contributed by atoms with van der Waals surface area (Å²) in [6.45, 7) is 10.4. The van der Waals surface area contributed by atoms with Crippen molar-refractivity contribution in [3.8, 4) is 0 Å². The van der Waals surface area contributed by atoms with Gasteiger partial charge in [-0.05, 0) is 50.4 Å². The van der Waals surface area contributed by atoms with Crippen LogP contribution in [-0.2, 0) is 6.42 Å². The van der Waals surface area contributed by atoms with Crippen molar-refractivity contribution in [2.75, 3.05) is 19.6 Å². The Labute approximate surface area is 130 Å². The van der Waals surface area contributed by atoms with E-state index in [4.69, 9.17) is 0 Å². The minimum Gasteiger partial charge on any atom is -0.313 e. The molecular formula is C19H32N2. The number of piperidine rings is 1. The van der Waals surface area contributed by atoms with Crippen LogP contribution in [-0.4, -0.2) is 30.6 Å². The van der Waals surface area contributed by atoms with Gasteiger partial charge in [0.05, 0.1) is 0 Å². The topological polar surface area (TPSA) is 15.3 Å². The highest BCUT2D eigenvalue weighted by Gasteiger charge is 2.20. The minimum atomic E-state index is 0.509. The summed E-state index contributed by atoms with van der Waals surface area (Å²) in [5.41, 5.74) is 2.91. The lowest BCUT2D eigenvalue weighted by atomic mass is 10.0. The van der Waals surface area contributed by atoms with Gasteiger partial charge in [0, 0.05) is 18.6 Å². The first-order valence-corrected chi connectivity index (χ1v) is 8.80. The molecule has 1 saturated heterocycles. The van der Waals surface area contributed by atoms with Crippen molar-refractivity contribution in [3.63, 3.8) is 0 Å². The van der Waals surface area contributed by atoms with Crippen molar-refractivity contribution in [1.29, 1.82) is 0 Å². The number of nitrogens with zero attached hydrogens (tertiary/aromatic N) is 1. The largest absolute Gasteiger partial charge is 0.313 e. The van der Waals surface area contributed by atoms with Crippen LogP contribution in [0.5, 0.6) is 0 Å². The van der Waals surface area contributed by atoms with Crippen molar-refractivity contribution in [2.45, 2.75) is 65.0 Å². The van der Waals surface area contributed by atoms with Crippen molar-refractivity contribution in [3.05, 3.63) is 35.4 Å². The lowest BCUT2D eigenvalue weighted by Crippen LogP contribution is -2.44. The first-order chi connectivity index (χ1) is 10.2. The fourth-order valence-electron chi connectivity index (χ4n) is 3.39. The molecule has 0 spiro atoms. The molecule has 0 bridgehead atoms. The molecule has 118 valence electrons. The van der Waals surface area contributed by atoms with Gasteiger partial charge in [-0.1, -0.05) is 51.0 Å². The van der Waals surface area contributed by atoms with E-state index in [2.05, 4.69) is 55.3 Å². The summed E-state index contributed by atoms with van der Waals surface area (Å²) in [6.07, 6.45) is 6.48. The first kappa shape index (κ1) is 16.5. The lowest BCUT2D eigenvalue weighted by Gasteiger charge is -2.34.